The van der Waals surface area contributed by atoms with Crippen LogP contribution in [0.3, 0.4) is 0 Å². The van der Waals surface area contributed by atoms with Gasteiger partial charge in [-0.05, 0) is 50.0 Å². The standard InChI is InChI=1S/C30H33FN6O2/c1-36-13-5-12-30(36,17-38)18-39-29-34-27-24(28(35-29)37-15-20-10-11-21(16-37)33-20)14-32-26(25(27)31)23-9-4-7-19-6-2-3-8-22(19)23/h2-4,6-9,14,20-21,33,38H,5,10-13,15-18H2,1H3/t20-,21+,30?. The number of hydrogen-bond donors (Lipinski definition) is 2. The van der Waals surface area contributed by atoms with E-state index in [0.29, 0.717) is 23.3 Å². The van der Waals surface area contributed by atoms with Crippen LogP contribution in [0, 0.1) is 5.82 Å². The van der Waals surface area contributed by atoms with Gasteiger partial charge in [-0.15, -0.1) is 0 Å². The maximum Gasteiger partial charge on any atom is 0.319 e. The number of aromatic nitrogens is 3. The summed E-state index contributed by atoms with van der Waals surface area (Å²) in [5.41, 5.74) is 0.703. The minimum atomic E-state index is -0.489. The van der Waals surface area contributed by atoms with Gasteiger partial charge in [0, 0.05) is 36.9 Å². The molecule has 3 saturated heterocycles. The van der Waals surface area contributed by atoms with Gasteiger partial charge in [0.2, 0.25) is 0 Å². The maximum absolute atomic E-state index is 16.4. The molecule has 0 aliphatic carbocycles. The Morgan fingerprint density at radius 1 is 1.08 bits per heavy atom. The largest absolute Gasteiger partial charge is 0.461 e. The molecule has 1 unspecified atom stereocenters. The van der Waals surface area contributed by atoms with Crippen LogP contribution in [0.1, 0.15) is 25.7 Å². The molecule has 4 aromatic rings. The molecule has 3 atom stereocenters. The van der Waals surface area contributed by atoms with Gasteiger partial charge < -0.3 is 20.1 Å². The lowest BCUT2D eigenvalue weighted by Gasteiger charge is -2.35. The van der Waals surface area contributed by atoms with Crippen molar-refractivity contribution < 1.29 is 14.2 Å². The Labute approximate surface area is 226 Å². The fourth-order valence-corrected chi connectivity index (χ4v) is 6.62. The number of likely N-dealkylation sites (tertiary alicyclic amines) is 1. The SMILES string of the molecule is CN1CCCC1(CO)COc1nc(N2C[C@H]3CC[C@@H](C2)N3)c2cnc(-c3cccc4ccccc34)c(F)c2n1. The van der Waals surface area contributed by atoms with Crippen molar-refractivity contribution in [2.75, 3.05) is 44.8 Å². The molecule has 2 bridgehead atoms. The van der Waals surface area contributed by atoms with Crippen LogP contribution in [0.4, 0.5) is 10.2 Å². The number of ether oxygens (including phenoxy) is 1. The van der Waals surface area contributed by atoms with Crippen molar-refractivity contribution in [3.05, 3.63) is 54.5 Å². The molecule has 8 nitrogen and oxygen atoms in total. The van der Waals surface area contributed by atoms with Crippen molar-refractivity contribution in [2.24, 2.45) is 0 Å². The summed E-state index contributed by atoms with van der Waals surface area (Å²) in [6.07, 6.45) is 5.76. The number of nitrogens with one attached hydrogen (secondary N) is 1. The Morgan fingerprint density at radius 2 is 1.87 bits per heavy atom. The average Bonchev–Trinajstić information content (AvgIpc) is 3.51. The smallest absolute Gasteiger partial charge is 0.319 e. The highest BCUT2D eigenvalue weighted by Gasteiger charge is 2.40. The molecule has 0 radical (unpaired) electrons. The predicted octanol–water partition coefficient (Wildman–Crippen LogP) is 3.76. The highest BCUT2D eigenvalue weighted by Crippen LogP contribution is 2.36. The highest BCUT2D eigenvalue weighted by molar-refractivity contribution is 5.99. The molecule has 39 heavy (non-hydrogen) atoms. The fraction of sp³-hybridized carbons (Fsp3) is 0.433. The number of halogens is 1. The van der Waals surface area contributed by atoms with Gasteiger partial charge in [-0.2, -0.15) is 9.97 Å². The quantitative estimate of drug-likeness (QED) is 0.391. The lowest BCUT2D eigenvalue weighted by Crippen LogP contribution is -2.51. The van der Waals surface area contributed by atoms with E-state index in [1.165, 1.54) is 0 Å². The second kappa shape index (κ2) is 9.66. The number of aliphatic hydroxyl groups excluding tert-OH is 1. The maximum atomic E-state index is 16.4. The summed E-state index contributed by atoms with van der Waals surface area (Å²) in [5.74, 6) is 0.174. The first kappa shape index (κ1) is 24.6. The van der Waals surface area contributed by atoms with Crippen molar-refractivity contribution >= 4 is 27.5 Å². The molecule has 0 saturated carbocycles. The molecule has 202 valence electrons. The van der Waals surface area contributed by atoms with Crippen LogP contribution in [0.15, 0.2) is 48.7 Å². The van der Waals surface area contributed by atoms with E-state index in [1.807, 2.05) is 49.5 Å². The summed E-state index contributed by atoms with van der Waals surface area (Å²) in [4.78, 5) is 18.4. The molecule has 5 heterocycles. The third-order valence-corrected chi connectivity index (χ3v) is 8.91. The zero-order chi connectivity index (χ0) is 26.6. The Kier molecular flexibility index (Phi) is 6.10. The van der Waals surface area contributed by atoms with Gasteiger partial charge in [-0.1, -0.05) is 42.5 Å². The molecule has 2 aromatic carbocycles. The molecular formula is C30H33FN6O2. The van der Waals surface area contributed by atoms with Crippen LogP contribution in [-0.4, -0.2) is 82.5 Å². The number of anilines is 1. The summed E-state index contributed by atoms with van der Waals surface area (Å²) < 4.78 is 22.6. The topological polar surface area (TPSA) is 86.6 Å². The van der Waals surface area contributed by atoms with E-state index in [1.54, 1.807) is 6.20 Å². The zero-order valence-corrected chi connectivity index (χ0v) is 22.1. The zero-order valence-electron chi connectivity index (χ0n) is 22.1. The van der Waals surface area contributed by atoms with Crippen LogP contribution in [-0.2, 0) is 0 Å². The van der Waals surface area contributed by atoms with Crippen LogP contribution >= 0.6 is 0 Å². The number of fused-ring (bicyclic) bond motifs is 4. The summed E-state index contributed by atoms with van der Waals surface area (Å²) in [5, 5.41) is 16.4. The van der Waals surface area contributed by atoms with Gasteiger partial charge in [0.1, 0.15) is 23.6 Å². The van der Waals surface area contributed by atoms with Crippen molar-refractivity contribution in [1.82, 2.24) is 25.2 Å². The van der Waals surface area contributed by atoms with E-state index < -0.39 is 11.4 Å². The minimum Gasteiger partial charge on any atom is -0.461 e. The number of piperazine rings is 1. The lowest BCUT2D eigenvalue weighted by atomic mass is 9.99. The number of pyridine rings is 1. The van der Waals surface area contributed by atoms with Crippen molar-refractivity contribution in [3.63, 3.8) is 0 Å². The van der Waals surface area contributed by atoms with E-state index in [-0.39, 0.29) is 30.4 Å². The predicted molar refractivity (Wildman–Crippen MR) is 150 cm³/mol. The van der Waals surface area contributed by atoms with Gasteiger partial charge in [-0.3, -0.25) is 9.88 Å². The Hall–Kier alpha value is -3.40. The van der Waals surface area contributed by atoms with Crippen LogP contribution in [0.2, 0.25) is 0 Å². The van der Waals surface area contributed by atoms with E-state index in [0.717, 1.165) is 61.7 Å². The van der Waals surface area contributed by atoms with Crippen LogP contribution < -0.4 is 15.0 Å². The number of nitrogens with zero attached hydrogens (tertiary/aromatic N) is 5. The summed E-state index contributed by atoms with van der Waals surface area (Å²) in [7, 11) is 2.00. The average molecular weight is 529 g/mol. The number of hydrogen-bond acceptors (Lipinski definition) is 8. The van der Waals surface area contributed by atoms with E-state index >= 15 is 4.39 Å². The molecular weight excluding hydrogens is 495 g/mol. The van der Waals surface area contributed by atoms with Gasteiger partial charge in [0.25, 0.3) is 0 Å². The normalized spacial score (nSPS) is 25.2. The molecule has 2 aromatic heterocycles. The monoisotopic (exact) mass is 528 g/mol. The third-order valence-electron chi connectivity index (χ3n) is 8.91. The molecule has 3 fully saturated rings. The first-order chi connectivity index (χ1) is 19.0. The van der Waals surface area contributed by atoms with Gasteiger partial charge >= 0.3 is 6.01 Å². The Morgan fingerprint density at radius 3 is 2.64 bits per heavy atom. The molecule has 3 aliphatic heterocycles. The first-order valence-electron chi connectivity index (χ1n) is 13.8. The molecule has 0 amide bonds. The second-order valence-electron chi connectivity index (χ2n) is 11.3. The molecule has 2 N–H and O–H groups in total. The molecule has 9 heteroatoms. The fourth-order valence-electron chi connectivity index (χ4n) is 6.62. The van der Waals surface area contributed by atoms with E-state index in [9.17, 15) is 5.11 Å². The lowest BCUT2D eigenvalue weighted by molar-refractivity contribution is 0.0363. The number of likely N-dealkylation sites (N-methyl/N-ethyl adjacent to an activating group) is 1. The van der Waals surface area contributed by atoms with Crippen molar-refractivity contribution in [2.45, 2.75) is 43.3 Å². The highest BCUT2D eigenvalue weighted by atomic mass is 19.1. The Balaban J connectivity index is 1.35. The Bertz CT molecular complexity index is 1530. The van der Waals surface area contributed by atoms with Crippen molar-refractivity contribution in [3.8, 4) is 17.3 Å². The minimum absolute atomic E-state index is 0.0192. The van der Waals surface area contributed by atoms with Gasteiger partial charge in [-0.25, -0.2) is 4.39 Å². The molecule has 3 aliphatic rings. The van der Waals surface area contributed by atoms with Crippen LogP contribution in [0.25, 0.3) is 32.9 Å². The second-order valence-corrected chi connectivity index (χ2v) is 11.3. The third kappa shape index (κ3) is 4.20. The number of aliphatic hydroxyl groups is 1. The van der Waals surface area contributed by atoms with E-state index in [2.05, 4.69) is 25.1 Å². The summed E-state index contributed by atoms with van der Waals surface area (Å²) in [6, 6.07) is 14.7. The molecule has 0 spiro atoms. The van der Waals surface area contributed by atoms with Crippen LogP contribution in [0.5, 0.6) is 6.01 Å². The molecule has 7 rings (SSSR count). The van der Waals surface area contributed by atoms with Crippen molar-refractivity contribution in [1.29, 1.82) is 0 Å². The van der Waals surface area contributed by atoms with Gasteiger partial charge in [0.05, 0.1) is 17.5 Å². The summed E-state index contributed by atoms with van der Waals surface area (Å²) >= 11 is 0. The van der Waals surface area contributed by atoms with Gasteiger partial charge in [0.15, 0.2) is 5.82 Å². The number of benzene rings is 2. The summed E-state index contributed by atoms with van der Waals surface area (Å²) in [6.45, 7) is 2.69. The number of rotatable bonds is 6. The van der Waals surface area contributed by atoms with E-state index in [4.69, 9.17) is 9.72 Å². The first-order valence-corrected chi connectivity index (χ1v) is 13.8.